The van der Waals surface area contributed by atoms with E-state index >= 15 is 0 Å². The van der Waals surface area contributed by atoms with Crippen LogP contribution in [0.15, 0.2) is 11.1 Å². The standard InChI is InChI=1S/C15H27N7O8P2/c16-15-18-13-12(14(24)19-15)17-11-22(13)4-3-20(6-9-31(25,26)27)1-2-21(5-8-23)7-10-32(28,29)30/h8,11H,1-7,9-10H2,(H2,25,26,27)(H2,28,29,30)(H3,16,18,19,24). The third kappa shape index (κ3) is 8.88. The van der Waals surface area contributed by atoms with Crippen molar-refractivity contribution >= 4 is 38.6 Å². The van der Waals surface area contributed by atoms with E-state index < -0.39 is 33.1 Å². The number of hydrogen-bond acceptors (Lipinski definition) is 9. The molecule has 0 saturated carbocycles. The van der Waals surface area contributed by atoms with Gasteiger partial charge in [-0.3, -0.25) is 28.7 Å². The molecule has 17 heteroatoms. The molecule has 2 aromatic rings. The van der Waals surface area contributed by atoms with E-state index in [1.807, 2.05) is 0 Å². The van der Waals surface area contributed by atoms with E-state index in [0.717, 1.165) is 0 Å². The lowest BCUT2D eigenvalue weighted by atomic mass is 10.4. The van der Waals surface area contributed by atoms with E-state index in [9.17, 15) is 28.5 Å². The SMILES string of the molecule is Nc1nc2c(ncn2CCN(CCN(CC=O)CCP(=O)(O)O)CCP(=O)(O)O)c(=O)[nH]1. The van der Waals surface area contributed by atoms with Crippen molar-refractivity contribution in [2.45, 2.75) is 6.54 Å². The molecule has 0 aliphatic rings. The maximum Gasteiger partial charge on any atom is 0.326 e. The van der Waals surface area contributed by atoms with Crippen molar-refractivity contribution in [1.82, 2.24) is 29.3 Å². The van der Waals surface area contributed by atoms with Crippen molar-refractivity contribution in [3.8, 4) is 0 Å². The summed E-state index contributed by atoms with van der Waals surface area (Å²) in [4.78, 5) is 73.0. The highest BCUT2D eigenvalue weighted by atomic mass is 31.2. The summed E-state index contributed by atoms with van der Waals surface area (Å²) < 4.78 is 24.0. The summed E-state index contributed by atoms with van der Waals surface area (Å²) in [5, 5.41) is 0. The predicted octanol–water partition coefficient (Wildman–Crippen LogP) is -2.14. The van der Waals surface area contributed by atoms with Crippen LogP contribution in [-0.4, -0.2) is 107 Å². The molecule has 0 aliphatic heterocycles. The molecule has 180 valence electrons. The highest BCUT2D eigenvalue weighted by molar-refractivity contribution is 7.52. The van der Waals surface area contributed by atoms with Gasteiger partial charge in [-0.2, -0.15) is 4.98 Å². The first kappa shape index (κ1) is 26.3. The lowest BCUT2D eigenvalue weighted by Gasteiger charge is -2.27. The van der Waals surface area contributed by atoms with Crippen molar-refractivity contribution in [2.24, 2.45) is 0 Å². The summed E-state index contributed by atoms with van der Waals surface area (Å²) in [6, 6.07) is 0. The number of anilines is 1. The Balaban J connectivity index is 2.07. The molecule has 0 saturated heterocycles. The summed E-state index contributed by atoms with van der Waals surface area (Å²) in [6.07, 6.45) is 1.22. The summed E-state index contributed by atoms with van der Waals surface area (Å²) >= 11 is 0. The number of aromatic amines is 1. The number of aromatic nitrogens is 4. The van der Waals surface area contributed by atoms with Crippen molar-refractivity contribution in [2.75, 3.05) is 57.3 Å². The molecule has 0 bridgehead atoms. The van der Waals surface area contributed by atoms with Crippen LogP contribution in [0.2, 0.25) is 0 Å². The van der Waals surface area contributed by atoms with E-state index in [2.05, 4.69) is 15.0 Å². The van der Waals surface area contributed by atoms with Crippen molar-refractivity contribution in [3.63, 3.8) is 0 Å². The summed E-state index contributed by atoms with van der Waals surface area (Å²) in [7, 11) is -8.49. The monoisotopic (exact) mass is 495 g/mol. The van der Waals surface area contributed by atoms with E-state index in [1.165, 1.54) is 6.33 Å². The van der Waals surface area contributed by atoms with Gasteiger partial charge in [-0.15, -0.1) is 0 Å². The van der Waals surface area contributed by atoms with E-state index in [-0.39, 0.29) is 56.4 Å². The Morgan fingerprint density at radius 3 is 2.22 bits per heavy atom. The smallest absolute Gasteiger partial charge is 0.326 e. The second-order valence-corrected chi connectivity index (χ2v) is 10.7. The number of H-pyrrole nitrogens is 1. The fourth-order valence-corrected chi connectivity index (χ4v) is 4.03. The van der Waals surface area contributed by atoms with E-state index in [1.54, 1.807) is 14.4 Å². The molecule has 15 nitrogen and oxygen atoms in total. The minimum Gasteiger partial charge on any atom is -0.369 e. The van der Waals surface area contributed by atoms with Gasteiger partial charge in [0.25, 0.3) is 5.56 Å². The van der Waals surface area contributed by atoms with Crippen LogP contribution < -0.4 is 11.3 Å². The van der Waals surface area contributed by atoms with Crippen LogP contribution in [0.1, 0.15) is 0 Å². The zero-order valence-electron chi connectivity index (χ0n) is 17.1. The number of carbonyl (C=O) groups is 1. The minimum absolute atomic E-state index is 0.00647. The highest BCUT2D eigenvalue weighted by Gasteiger charge is 2.19. The van der Waals surface area contributed by atoms with Crippen LogP contribution in [0.3, 0.4) is 0 Å². The molecular weight excluding hydrogens is 468 g/mol. The largest absolute Gasteiger partial charge is 0.369 e. The molecule has 2 aromatic heterocycles. The van der Waals surface area contributed by atoms with Gasteiger partial charge >= 0.3 is 15.2 Å². The Labute approximate surface area is 182 Å². The Morgan fingerprint density at radius 2 is 1.62 bits per heavy atom. The van der Waals surface area contributed by atoms with Gasteiger partial charge in [-0.05, 0) is 0 Å². The molecule has 0 atom stereocenters. The van der Waals surface area contributed by atoms with E-state index in [4.69, 9.17) is 15.5 Å². The number of hydrogen-bond donors (Lipinski definition) is 6. The van der Waals surface area contributed by atoms with Crippen LogP contribution in [-0.2, 0) is 20.5 Å². The average Bonchev–Trinajstić information content (AvgIpc) is 3.07. The zero-order valence-corrected chi connectivity index (χ0v) is 18.9. The van der Waals surface area contributed by atoms with Crippen LogP contribution in [0.25, 0.3) is 11.2 Å². The fourth-order valence-electron chi connectivity index (χ4n) is 2.94. The number of rotatable bonds is 14. The quantitative estimate of drug-likeness (QED) is 0.122. The van der Waals surface area contributed by atoms with Crippen molar-refractivity contribution < 1.29 is 33.5 Å². The number of nitrogens with one attached hydrogen (secondary N) is 1. The Kier molecular flexibility index (Phi) is 9.25. The summed E-state index contributed by atoms with van der Waals surface area (Å²) in [5.41, 5.74) is 5.47. The molecule has 0 spiro atoms. The second-order valence-electron chi connectivity index (χ2n) is 7.15. The molecule has 7 N–H and O–H groups in total. The Morgan fingerprint density at radius 1 is 1.03 bits per heavy atom. The van der Waals surface area contributed by atoms with Crippen LogP contribution in [0.4, 0.5) is 5.95 Å². The number of imidazole rings is 1. The van der Waals surface area contributed by atoms with Gasteiger partial charge in [0.05, 0.1) is 25.2 Å². The minimum atomic E-state index is -4.26. The van der Waals surface area contributed by atoms with Gasteiger partial charge in [0, 0.05) is 39.3 Å². The maximum absolute atomic E-state index is 11.9. The van der Waals surface area contributed by atoms with Gasteiger partial charge in [-0.25, -0.2) is 4.98 Å². The first-order valence-electron chi connectivity index (χ1n) is 9.56. The second kappa shape index (κ2) is 11.3. The molecule has 0 aromatic carbocycles. The molecular formula is C15H27N7O8P2. The topological polar surface area (TPSA) is 228 Å². The normalized spacial score (nSPS) is 12.8. The molecule has 0 fully saturated rings. The fraction of sp³-hybridized carbons (Fsp3) is 0.600. The van der Waals surface area contributed by atoms with Crippen molar-refractivity contribution in [3.05, 3.63) is 16.7 Å². The molecule has 0 amide bonds. The number of nitrogens with zero attached hydrogens (tertiary/aromatic N) is 5. The van der Waals surface area contributed by atoms with Crippen LogP contribution in [0.5, 0.6) is 0 Å². The van der Waals surface area contributed by atoms with Gasteiger partial charge in [0.2, 0.25) is 5.95 Å². The molecule has 2 rings (SSSR count). The highest BCUT2D eigenvalue weighted by Crippen LogP contribution is 2.34. The maximum atomic E-state index is 11.9. The van der Waals surface area contributed by atoms with Gasteiger partial charge in [0.1, 0.15) is 6.29 Å². The zero-order chi connectivity index (χ0) is 23.9. The molecule has 0 unspecified atom stereocenters. The molecule has 2 heterocycles. The molecule has 0 radical (unpaired) electrons. The Hall–Kier alpha value is -1.96. The summed E-state index contributed by atoms with van der Waals surface area (Å²) in [6.45, 7) is 1.10. The molecule has 0 aliphatic carbocycles. The summed E-state index contributed by atoms with van der Waals surface area (Å²) in [5.74, 6) is -0.0721. The van der Waals surface area contributed by atoms with Gasteiger partial charge < -0.3 is 34.7 Å². The number of aldehydes is 1. The van der Waals surface area contributed by atoms with E-state index in [0.29, 0.717) is 12.8 Å². The lowest BCUT2D eigenvalue weighted by Crippen LogP contribution is -2.39. The number of fused-ring (bicyclic) bond motifs is 1. The third-order valence-electron chi connectivity index (χ3n) is 4.63. The number of carbonyl (C=O) groups excluding carboxylic acids is 1. The first-order chi connectivity index (χ1) is 14.9. The predicted molar refractivity (Wildman–Crippen MR) is 115 cm³/mol. The first-order valence-corrected chi connectivity index (χ1v) is 13.2. The number of nitrogens with two attached hydrogens (primary N) is 1. The third-order valence-corrected chi connectivity index (χ3v) is 6.20. The van der Waals surface area contributed by atoms with Crippen LogP contribution in [0, 0.1) is 0 Å². The number of nitrogen functional groups attached to an aromatic ring is 1. The van der Waals surface area contributed by atoms with Crippen LogP contribution >= 0.6 is 15.2 Å². The average molecular weight is 495 g/mol. The molecule has 32 heavy (non-hydrogen) atoms. The van der Waals surface area contributed by atoms with Gasteiger partial charge in [0.15, 0.2) is 11.2 Å². The van der Waals surface area contributed by atoms with Gasteiger partial charge in [-0.1, -0.05) is 0 Å². The Bertz CT molecular complexity index is 1060. The van der Waals surface area contributed by atoms with Crippen molar-refractivity contribution in [1.29, 1.82) is 0 Å². The lowest BCUT2D eigenvalue weighted by molar-refractivity contribution is -0.108.